The molecule has 4 aromatic rings. The number of esters is 1. The van der Waals surface area contributed by atoms with Gasteiger partial charge < -0.3 is 13.9 Å². The zero-order valence-electron chi connectivity index (χ0n) is 20.0. The number of hydrogen-bond acceptors (Lipinski definition) is 7. The Kier molecular flexibility index (Phi) is 7.11. The van der Waals surface area contributed by atoms with Crippen molar-refractivity contribution in [3.8, 4) is 17.1 Å². The Morgan fingerprint density at radius 3 is 2.62 bits per heavy atom. The van der Waals surface area contributed by atoms with Crippen LogP contribution in [0.2, 0.25) is 5.02 Å². The highest BCUT2D eigenvalue weighted by Gasteiger charge is 2.35. The number of rotatable bonds is 5. The first kappa shape index (κ1) is 25.5. The molecule has 0 saturated carbocycles. The van der Waals surface area contributed by atoms with Crippen LogP contribution in [0, 0.1) is 3.57 Å². The Morgan fingerprint density at radius 2 is 1.92 bits per heavy atom. The van der Waals surface area contributed by atoms with E-state index in [1.54, 1.807) is 31.2 Å². The minimum absolute atomic E-state index is 0.237. The molecular weight excluding hydrogens is 627 g/mol. The zero-order chi connectivity index (χ0) is 26.3. The third kappa shape index (κ3) is 4.78. The summed E-state index contributed by atoms with van der Waals surface area (Å²) in [6, 6.07) is 15.9. The standard InChI is InChI=1S/C27H20ClIN2O5S/c1-14-23(26(33)35-3)24(19-12-16(28)6-10-21(19)34-2)31-25(32)22(37-27(31)30-14)13-18-9-11-20(36-18)15-4-7-17(29)8-5-15/h4-13,24H,1-3H3/b22-13-/t24-/m0/s1. The smallest absolute Gasteiger partial charge is 0.338 e. The molecule has 0 unspecified atom stereocenters. The summed E-state index contributed by atoms with van der Waals surface area (Å²) in [7, 11) is 2.81. The van der Waals surface area contributed by atoms with Crippen molar-refractivity contribution in [3.63, 3.8) is 0 Å². The van der Waals surface area contributed by atoms with Crippen LogP contribution in [0.25, 0.3) is 17.4 Å². The zero-order valence-corrected chi connectivity index (χ0v) is 23.7. The summed E-state index contributed by atoms with van der Waals surface area (Å²) in [6.45, 7) is 1.72. The fourth-order valence-corrected chi connectivity index (χ4v) is 5.80. The number of halogens is 2. The maximum atomic E-state index is 13.8. The van der Waals surface area contributed by atoms with Crippen molar-refractivity contribution in [2.75, 3.05) is 14.2 Å². The van der Waals surface area contributed by atoms with E-state index in [-0.39, 0.29) is 11.1 Å². The largest absolute Gasteiger partial charge is 0.496 e. The van der Waals surface area contributed by atoms with E-state index in [0.29, 0.717) is 42.9 Å². The van der Waals surface area contributed by atoms with Crippen molar-refractivity contribution in [2.45, 2.75) is 13.0 Å². The summed E-state index contributed by atoms with van der Waals surface area (Å²) in [5, 5.41) is 0.440. The van der Waals surface area contributed by atoms with E-state index < -0.39 is 12.0 Å². The van der Waals surface area contributed by atoms with Gasteiger partial charge in [-0.1, -0.05) is 35.1 Å². The monoisotopic (exact) mass is 646 g/mol. The van der Waals surface area contributed by atoms with Gasteiger partial charge in [-0.25, -0.2) is 9.79 Å². The molecule has 0 saturated heterocycles. The second kappa shape index (κ2) is 10.3. The fourth-order valence-electron chi connectivity index (χ4n) is 4.23. The van der Waals surface area contributed by atoms with Gasteiger partial charge in [0.15, 0.2) is 4.80 Å². The van der Waals surface area contributed by atoms with Crippen LogP contribution >= 0.6 is 45.5 Å². The average molecular weight is 647 g/mol. The van der Waals surface area contributed by atoms with E-state index >= 15 is 0 Å². The molecule has 1 aliphatic rings. The van der Waals surface area contributed by atoms with Gasteiger partial charge in [0.2, 0.25) is 0 Å². The quantitative estimate of drug-likeness (QED) is 0.227. The van der Waals surface area contributed by atoms with Crippen molar-refractivity contribution in [1.82, 2.24) is 4.57 Å². The molecule has 2 aromatic carbocycles. The van der Waals surface area contributed by atoms with Gasteiger partial charge in [-0.3, -0.25) is 9.36 Å². The lowest BCUT2D eigenvalue weighted by molar-refractivity contribution is -0.136. The van der Waals surface area contributed by atoms with Gasteiger partial charge in [-0.05, 0) is 72.0 Å². The molecule has 0 N–H and O–H groups in total. The lowest BCUT2D eigenvalue weighted by Crippen LogP contribution is -2.40. The number of hydrogen-bond donors (Lipinski definition) is 0. The highest BCUT2D eigenvalue weighted by Crippen LogP contribution is 2.37. The summed E-state index contributed by atoms with van der Waals surface area (Å²) >= 11 is 9.78. The van der Waals surface area contributed by atoms with Crippen LogP contribution in [-0.2, 0) is 9.53 Å². The van der Waals surface area contributed by atoms with Crippen LogP contribution < -0.4 is 19.6 Å². The molecule has 10 heteroatoms. The minimum atomic E-state index is -0.835. The summed E-state index contributed by atoms with van der Waals surface area (Å²) < 4.78 is 19.6. The topological polar surface area (TPSA) is 83.0 Å². The predicted octanol–water partition coefficient (Wildman–Crippen LogP) is 4.93. The number of carbonyl (C=O) groups is 1. The number of ether oxygens (including phenoxy) is 2. The Bertz CT molecular complexity index is 1730. The number of allylic oxidation sites excluding steroid dienone is 1. The normalized spacial score (nSPS) is 15.4. The molecule has 1 atom stereocenters. The average Bonchev–Trinajstić information content (AvgIpc) is 3.47. The summed E-state index contributed by atoms with van der Waals surface area (Å²) in [4.78, 5) is 31.6. The van der Waals surface area contributed by atoms with Crippen LogP contribution in [0.5, 0.6) is 5.75 Å². The first-order valence-corrected chi connectivity index (χ1v) is 13.4. The Morgan fingerprint density at radius 1 is 1.16 bits per heavy atom. The number of thiazole rings is 1. The van der Waals surface area contributed by atoms with E-state index in [4.69, 9.17) is 25.5 Å². The molecule has 0 aliphatic carbocycles. The molecule has 0 fully saturated rings. The molecule has 0 spiro atoms. The van der Waals surface area contributed by atoms with Gasteiger partial charge >= 0.3 is 5.97 Å². The molecule has 37 heavy (non-hydrogen) atoms. The molecule has 0 amide bonds. The highest BCUT2D eigenvalue weighted by atomic mass is 127. The summed E-state index contributed by atoms with van der Waals surface area (Å²) in [5.41, 5.74) is 1.85. The number of aromatic nitrogens is 1. The summed E-state index contributed by atoms with van der Waals surface area (Å²) in [6.07, 6.45) is 1.68. The Hall–Kier alpha value is -3.15. The Labute approximate surface area is 234 Å². The molecule has 5 rings (SSSR count). The maximum Gasteiger partial charge on any atom is 0.338 e. The fraction of sp³-hybridized carbons (Fsp3) is 0.148. The maximum absolute atomic E-state index is 13.8. The van der Waals surface area contributed by atoms with Gasteiger partial charge in [-0.15, -0.1) is 0 Å². The second-order valence-corrected chi connectivity index (χ2v) is 10.9. The molecule has 0 bridgehead atoms. The molecule has 0 radical (unpaired) electrons. The molecular formula is C27H20ClIN2O5S. The van der Waals surface area contributed by atoms with Gasteiger partial charge in [0.05, 0.1) is 30.0 Å². The number of benzene rings is 2. The van der Waals surface area contributed by atoms with Gasteiger partial charge in [0.25, 0.3) is 5.56 Å². The SMILES string of the molecule is COC(=O)C1=C(C)N=c2s/c(=C\c3ccc(-c4ccc(I)cc4)o3)c(=O)n2[C@H]1c1cc(Cl)ccc1OC. The van der Waals surface area contributed by atoms with Crippen molar-refractivity contribution in [1.29, 1.82) is 0 Å². The van der Waals surface area contributed by atoms with Crippen LogP contribution in [-0.4, -0.2) is 24.8 Å². The van der Waals surface area contributed by atoms with Gasteiger partial charge in [-0.2, -0.15) is 0 Å². The number of carbonyl (C=O) groups excluding carboxylic acids is 1. The number of nitrogens with zero attached hydrogens (tertiary/aromatic N) is 2. The van der Waals surface area contributed by atoms with E-state index in [2.05, 4.69) is 27.6 Å². The molecule has 2 aromatic heterocycles. The first-order chi connectivity index (χ1) is 17.8. The van der Waals surface area contributed by atoms with Gasteiger partial charge in [0, 0.05) is 25.8 Å². The first-order valence-electron chi connectivity index (χ1n) is 11.1. The molecule has 3 heterocycles. The number of fused-ring (bicyclic) bond motifs is 1. The molecule has 1 aliphatic heterocycles. The van der Waals surface area contributed by atoms with E-state index in [1.165, 1.54) is 30.1 Å². The second-order valence-electron chi connectivity index (χ2n) is 8.17. The summed E-state index contributed by atoms with van der Waals surface area (Å²) in [5.74, 6) is 1.12. The highest BCUT2D eigenvalue weighted by molar-refractivity contribution is 14.1. The van der Waals surface area contributed by atoms with Gasteiger partial charge in [0.1, 0.15) is 23.3 Å². The van der Waals surface area contributed by atoms with Crippen molar-refractivity contribution >= 4 is 57.6 Å². The van der Waals surface area contributed by atoms with E-state index in [9.17, 15) is 9.59 Å². The van der Waals surface area contributed by atoms with Crippen LogP contribution in [0.4, 0.5) is 0 Å². The van der Waals surface area contributed by atoms with Crippen molar-refractivity contribution < 1.29 is 18.7 Å². The molecule has 7 nitrogen and oxygen atoms in total. The van der Waals surface area contributed by atoms with Crippen LogP contribution in [0.1, 0.15) is 24.3 Å². The van der Waals surface area contributed by atoms with E-state index in [1.807, 2.05) is 36.4 Å². The third-order valence-corrected chi connectivity index (χ3v) is 7.88. The van der Waals surface area contributed by atoms with Crippen molar-refractivity contribution in [2.24, 2.45) is 4.99 Å². The van der Waals surface area contributed by atoms with E-state index in [0.717, 1.165) is 9.13 Å². The lowest BCUT2D eigenvalue weighted by atomic mass is 9.95. The number of furan rings is 1. The third-order valence-electron chi connectivity index (χ3n) is 5.94. The predicted molar refractivity (Wildman–Crippen MR) is 151 cm³/mol. The Balaban J connectivity index is 1.68. The molecule has 188 valence electrons. The number of methoxy groups -OCH3 is 2. The lowest BCUT2D eigenvalue weighted by Gasteiger charge is -2.25. The van der Waals surface area contributed by atoms with Crippen LogP contribution in [0.3, 0.4) is 0 Å². The van der Waals surface area contributed by atoms with Crippen molar-refractivity contribution in [3.05, 3.63) is 105 Å². The minimum Gasteiger partial charge on any atom is -0.496 e. The van der Waals surface area contributed by atoms with Crippen LogP contribution in [0.15, 0.2) is 80.1 Å².